The number of aromatic nitrogens is 1. The molecule has 2 aliphatic heterocycles. The smallest absolute Gasteiger partial charge is 0.266 e. The van der Waals surface area contributed by atoms with Gasteiger partial charge in [-0.15, -0.1) is 0 Å². The molecule has 2 aliphatic rings. The van der Waals surface area contributed by atoms with Crippen molar-refractivity contribution in [3.63, 3.8) is 0 Å². The predicted molar refractivity (Wildman–Crippen MR) is 133 cm³/mol. The van der Waals surface area contributed by atoms with E-state index < -0.39 is 11.5 Å². The van der Waals surface area contributed by atoms with Gasteiger partial charge >= 0.3 is 0 Å². The first kappa shape index (κ1) is 23.1. The van der Waals surface area contributed by atoms with Crippen LogP contribution in [0.1, 0.15) is 11.1 Å². The average molecular weight is 493 g/mol. The van der Waals surface area contributed by atoms with Gasteiger partial charge in [-0.1, -0.05) is 35.9 Å². The number of hydrogen-bond acceptors (Lipinski definition) is 6. The summed E-state index contributed by atoms with van der Waals surface area (Å²) in [5, 5.41) is 3.33. The molecule has 0 spiro atoms. The van der Waals surface area contributed by atoms with Gasteiger partial charge in [0.15, 0.2) is 0 Å². The summed E-state index contributed by atoms with van der Waals surface area (Å²) in [5.74, 6) is 0.782. The lowest BCUT2D eigenvalue weighted by Gasteiger charge is -2.36. The number of anilines is 2. The van der Waals surface area contributed by atoms with Crippen molar-refractivity contribution >= 4 is 34.9 Å². The maximum atomic E-state index is 13.4. The summed E-state index contributed by atoms with van der Waals surface area (Å²) >= 11 is 6.30. The van der Waals surface area contributed by atoms with Crippen LogP contribution in [0.3, 0.4) is 0 Å². The minimum atomic E-state index is -1.57. The molecular weight excluding hydrogens is 468 g/mol. The SMILES string of the molecule is COc1ccccc1C1(OCC(=O)N2CCN(c3ccccn3)CC2)C(=O)Nc2ccc(Cl)cc21. The first-order valence-electron chi connectivity index (χ1n) is 11.4. The molecule has 1 unspecified atom stereocenters. The second kappa shape index (κ2) is 9.56. The molecule has 8 nitrogen and oxygen atoms in total. The Morgan fingerprint density at radius 3 is 2.57 bits per heavy atom. The summed E-state index contributed by atoms with van der Waals surface area (Å²) in [6, 6.07) is 18.0. The van der Waals surface area contributed by atoms with Gasteiger partial charge < -0.3 is 24.6 Å². The molecule has 180 valence electrons. The molecule has 2 amide bonds. The fourth-order valence-electron chi connectivity index (χ4n) is 4.66. The van der Waals surface area contributed by atoms with E-state index in [0.29, 0.717) is 53.8 Å². The van der Waals surface area contributed by atoms with Gasteiger partial charge in [0.25, 0.3) is 5.91 Å². The van der Waals surface area contributed by atoms with Crippen LogP contribution < -0.4 is 15.0 Å². The number of ether oxygens (including phenoxy) is 2. The third-order valence-corrected chi connectivity index (χ3v) is 6.67. The summed E-state index contributed by atoms with van der Waals surface area (Å²) < 4.78 is 11.8. The quantitative estimate of drug-likeness (QED) is 0.568. The standard InChI is InChI=1S/C26H25ClN4O4/c1-34-22-7-3-2-6-19(22)26(20-16-18(27)9-10-21(20)29-25(26)33)35-17-24(32)31-14-12-30(13-15-31)23-8-4-5-11-28-23/h2-11,16H,12-15,17H2,1H3,(H,29,33). The molecule has 0 bridgehead atoms. The molecule has 2 aromatic carbocycles. The first-order valence-corrected chi connectivity index (χ1v) is 11.7. The van der Waals surface area contributed by atoms with Crippen LogP contribution in [0.15, 0.2) is 66.9 Å². The molecule has 1 N–H and O–H groups in total. The molecule has 3 aromatic rings. The van der Waals surface area contributed by atoms with Gasteiger partial charge in [0.1, 0.15) is 18.2 Å². The van der Waals surface area contributed by atoms with Crippen molar-refractivity contribution in [3.8, 4) is 5.75 Å². The van der Waals surface area contributed by atoms with E-state index in [9.17, 15) is 9.59 Å². The molecule has 0 aliphatic carbocycles. The lowest BCUT2D eigenvalue weighted by Crippen LogP contribution is -2.51. The van der Waals surface area contributed by atoms with Crippen molar-refractivity contribution < 1.29 is 19.1 Å². The highest BCUT2D eigenvalue weighted by molar-refractivity contribution is 6.31. The Kier molecular flexibility index (Phi) is 6.32. The van der Waals surface area contributed by atoms with E-state index in [1.165, 1.54) is 7.11 Å². The Hall–Kier alpha value is -3.62. The van der Waals surface area contributed by atoms with Crippen LogP contribution in [0.4, 0.5) is 11.5 Å². The van der Waals surface area contributed by atoms with E-state index in [1.807, 2.05) is 24.3 Å². The lowest BCUT2D eigenvalue weighted by molar-refractivity contribution is -0.148. The number of methoxy groups -OCH3 is 1. The molecule has 3 heterocycles. The van der Waals surface area contributed by atoms with E-state index in [2.05, 4.69) is 15.2 Å². The number of nitrogens with zero attached hydrogens (tertiary/aromatic N) is 3. The number of hydrogen-bond donors (Lipinski definition) is 1. The molecule has 1 atom stereocenters. The maximum absolute atomic E-state index is 13.4. The first-order chi connectivity index (χ1) is 17.0. The number of halogens is 1. The predicted octanol–water partition coefficient (Wildman–Crippen LogP) is 3.30. The summed E-state index contributed by atoms with van der Waals surface area (Å²) in [6.45, 7) is 2.13. The zero-order chi connectivity index (χ0) is 24.4. The molecule has 0 saturated carbocycles. The summed E-state index contributed by atoms with van der Waals surface area (Å²) in [6.07, 6.45) is 1.76. The topological polar surface area (TPSA) is 84.0 Å². The molecule has 5 rings (SSSR count). The van der Waals surface area contributed by atoms with Crippen molar-refractivity contribution in [2.75, 3.05) is 50.1 Å². The normalized spacial score (nSPS) is 19.3. The Bertz CT molecular complexity index is 1250. The third kappa shape index (κ3) is 4.19. The second-order valence-electron chi connectivity index (χ2n) is 8.37. The number of pyridine rings is 1. The third-order valence-electron chi connectivity index (χ3n) is 6.43. The van der Waals surface area contributed by atoms with E-state index in [1.54, 1.807) is 47.5 Å². The molecule has 1 fully saturated rings. The second-order valence-corrected chi connectivity index (χ2v) is 8.81. The minimum Gasteiger partial charge on any atom is -0.496 e. The monoisotopic (exact) mass is 492 g/mol. The number of benzene rings is 2. The molecular formula is C26H25ClN4O4. The van der Waals surface area contributed by atoms with Gasteiger partial charge in [-0.3, -0.25) is 9.59 Å². The van der Waals surface area contributed by atoms with Crippen molar-refractivity contribution in [1.29, 1.82) is 0 Å². The Labute approximate surface area is 208 Å². The number of nitrogens with one attached hydrogen (secondary N) is 1. The summed E-state index contributed by atoms with van der Waals surface area (Å²) in [5.41, 5.74) is 0.0703. The van der Waals surface area contributed by atoms with Gasteiger partial charge in [0, 0.05) is 54.2 Å². The maximum Gasteiger partial charge on any atom is 0.266 e. The number of carbonyl (C=O) groups excluding carboxylic acids is 2. The van der Waals surface area contributed by atoms with Crippen molar-refractivity contribution in [1.82, 2.24) is 9.88 Å². The largest absolute Gasteiger partial charge is 0.496 e. The summed E-state index contributed by atoms with van der Waals surface area (Å²) in [4.78, 5) is 34.9. The van der Waals surface area contributed by atoms with Crippen LogP contribution in [-0.2, 0) is 19.9 Å². The number of fused-ring (bicyclic) bond motifs is 1. The molecule has 35 heavy (non-hydrogen) atoms. The summed E-state index contributed by atoms with van der Waals surface area (Å²) in [7, 11) is 1.53. The Morgan fingerprint density at radius 1 is 1.06 bits per heavy atom. The van der Waals surface area contributed by atoms with Crippen molar-refractivity contribution in [2.45, 2.75) is 5.60 Å². The highest BCUT2D eigenvalue weighted by atomic mass is 35.5. The molecule has 1 aromatic heterocycles. The number of piperazine rings is 1. The van der Waals surface area contributed by atoms with Crippen molar-refractivity contribution in [2.24, 2.45) is 0 Å². The van der Waals surface area contributed by atoms with Crippen LogP contribution in [0.5, 0.6) is 5.75 Å². The number of rotatable bonds is 6. The van der Waals surface area contributed by atoms with Gasteiger partial charge in [0.2, 0.25) is 11.5 Å². The van der Waals surface area contributed by atoms with Gasteiger partial charge in [-0.05, 0) is 36.4 Å². The van der Waals surface area contributed by atoms with E-state index >= 15 is 0 Å². The van der Waals surface area contributed by atoms with Crippen LogP contribution in [-0.4, -0.2) is 61.6 Å². The zero-order valence-corrected chi connectivity index (χ0v) is 20.0. The van der Waals surface area contributed by atoms with E-state index in [-0.39, 0.29) is 12.5 Å². The van der Waals surface area contributed by atoms with Crippen LogP contribution in [0.2, 0.25) is 5.02 Å². The highest BCUT2D eigenvalue weighted by Gasteiger charge is 2.52. The van der Waals surface area contributed by atoms with Crippen LogP contribution in [0, 0.1) is 0 Å². The van der Waals surface area contributed by atoms with Gasteiger partial charge in [-0.2, -0.15) is 0 Å². The van der Waals surface area contributed by atoms with E-state index in [0.717, 1.165) is 5.82 Å². The number of amides is 2. The fourth-order valence-corrected chi connectivity index (χ4v) is 4.83. The number of carbonyl (C=O) groups is 2. The molecule has 9 heteroatoms. The van der Waals surface area contributed by atoms with E-state index in [4.69, 9.17) is 21.1 Å². The zero-order valence-electron chi connectivity index (χ0n) is 19.2. The minimum absolute atomic E-state index is 0.191. The lowest BCUT2D eigenvalue weighted by atomic mass is 9.86. The van der Waals surface area contributed by atoms with Gasteiger partial charge in [0.05, 0.1) is 7.11 Å². The van der Waals surface area contributed by atoms with Crippen LogP contribution >= 0.6 is 11.6 Å². The molecule has 0 radical (unpaired) electrons. The number of para-hydroxylation sites is 1. The highest BCUT2D eigenvalue weighted by Crippen LogP contribution is 2.47. The average Bonchev–Trinajstić information content (AvgIpc) is 3.18. The van der Waals surface area contributed by atoms with Crippen molar-refractivity contribution in [3.05, 3.63) is 83.0 Å². The Balaban J connectivity index is 1.39. The molecule has 1 saturated heterocycles. The Morgan fingerprint density at radius 2 is 1.83 bits per heavy atom. The fraction of sp³-hybridized carbons (Fsp3) is 0.269. The van der Waals surface area contributed by atoms with Gasteiger partial charge in [-0.25, -0.2) is 4.98 Å². The van der Waals surface area contributed by atoms with Crippen LogP contribution in [0.25, 0.3) is 0 Å².